The van der Waals surface area contributed by atoms with E-state index in [0.29, 0.717) is 0 Å². The molecule has 1 aromatic rings. The first-order valence-electron chi connectivity index (χ1n) is 5.71. The molecule has 2 nitrogen and oxygen atoms in total. The third kappa shape index (κ3) is 3.76. The zero-order chi connectivity index (χ0) is 10.3. The van der Waals surface area contributed by atoms with Gasteiger partial charge in [-0.05, 0) is 38.6 Å². The lowest BCUT2D eigenvalue weighted by Gasteiger charge is -2.12. The molecule has 1 aromatic heterocycles. The van der Waals surface area contributed by atoms with Crippen molar-refractivity contribution in [2.75, 3.05) is 6.54 Å². The molecule has 0 saturated carbocycles. The minimum absolute atomic E-state index is 0.913. The Hall–Kier alpha value is -0.670. The maximum atomic E-state index is 4.24. The fourth-order valence-electron chi connectivity index (χ4n) is 1.92. The van der Waals surface area contributed by atoms with E-state index in [1.807, 2.05) is 5.51 Å². The van der Waals surface area contributed by atoms with Gasteiger partial charge in [0.25, 0.3) is 0 Å². The summed E-state index contributed by atoms with van der Waals surface area (Å²) in [6, 6.07) is 0. The molecule has 0 aliphatic heterocycles. The second kappa shape index (κ2) is 6.03. The van der Waals surface area contributed by atoms with Gasteiger partial charge in [0.15, 0.2) is 0 Å². The van der Waals surface area contributed by atoms with E-state index >= 15 is 0 Å². The van der Waals surface area contributed by atoms with Crippen LogP contribution in [0.2, 0.25) is 0 Å². The Morgan fingerprint density at radius 3 is 3.13 bits per heavy atom. The maximum Gasteiger partial charge on any atom is 0.0795 e. The van der Waals surface area contributed by atoms with E-state index in [-0.39, 0.29) is 0 Å². The van der Waals surface area contributed by atoms with Gasteiger partial charge < -0.3 is 5.32 Å². The summed E-state index contributed by atoms with van der Waals surface area (Å²) in [5.74, 6) is 0. The normalized spacial score (nSPS) is 16.4. The predicted molar refractivity (Wildman–Crippen MR) is 65.0 cm³/mol. The van der Waals surface area contributed by atoms with Crippen molar-refractivity contribution < 1.29 is 0 Å². The molecule has 2 rings (SSSR count). The number of aromatic nitrogens is 1. The first-order chi connectivity index (χ1) is 7.45. The number of rotatable bonds is 5. The second-order valence-corrected chi connectivity index (χ2v) is 4.73. The standard InChI is InChI=1S/C12H18N2S/c1-2-4-11(5-3-1)6-7-13-8-12-9-15-10-14-12/h4,9-10,13H,1-3,5-8H2. The number of nitrogens with zero attached hydrogens (tertiary/aromatic N) is 1. The number of hydrogen-bond acceptors (Lipinski definition) is 3. The second-order valence-electron chi connectivity index (χ2n) is 4.01. The van der Waals surface area contributed by atoms with Crippen molar-refractivity contribution in [2.24, 2.45) is 0 Å². The highest BCUT2D eigenvalue weighted by Crippen LogP contribution is 2.19. The molecule has 0 spiro atoms. The topological polar surface area (TPSA) is 24.9 Å². The molecule has 0 amide bonds. The quantitative estimate of drug-likeness (QED) is 0.611. The number of hydrogen-bond donors (Lipinski definition) is 1. The molecule has 1 aliphatic carbocycles. The van der Waals surface area contributed by atoms with Gasteiger partial charge in [-0.15, -0.1) is 11.3 Å². The molecule has 0 bridgehead atoms. The summed E-state index contributed by atoms with van der Waals surface area (Å²) in [7, 11) is 0. The molecular weight excluding hydrogens is 204 g/mol. The molecule has 0 unspecified atom stereocenters. The molecule has 1 heterocycles. The first kappa shape index (κ1) is 10.8. The molecule has 1 N–H and O–H groups in total. The van der Waals surface area contributed by atoms with Crippen LogP contribution in [0.15, 0.2) is 22.5 Å². The molecule has 1 aliphatic rings. The summed E-state index contributed by atoms with van der Waals surface area (Å²) < 4.78 is 0. The summed E-state index contributed by atoms with van der Waals surface area (Å²) in [4.78, 5) is 4.24. The van der Waals surface area contributed by atoms with Gasteiger partial charge >= 0.3 is 0 Å². The van der Waals surface area contributed by atoms with Crippen molar-refractivity contribution in [2.45, 2.75) is 38.6 Å². The zero-order valence-corrected chi connectivity index (χ0v) is 9.85. The van der Waals surface area contributed by atoms with Crippen LogP contribution in [0.5, 0.6) is 0 Å². The lowest BCUT2D eigenvalue weighted by atomic mass is 9.97. The van der Waals surface area contributed by atoms with E-state index in [0.717, 1.165) is 18.8 Å². The zero-order valence-electron chi connectivity index (χ0n) is 9.04. The van der Waals surface area contributed by atoms with Gasteiger partial charge in [0, 0.05) is 11.9 Å². The lowest BCUT2D eigenvalue weighted by molar-refractivity contribution is 0.629. The molecular formula is C12H18N2S. The number of thiazole rings is 1. The first-order valence-corrected chi connectivity index (χ1v) is 6.65. The fourth-order valence-corrected chi connectivity index (χ4v) is 2.48. The highest BCUT2D eigenvalue weighted by Gasteiger charge is 2.02. The average molecular weight is 222 g/mol. The van der Waals surface area contributed by atoms with E-state index < -0.39 is 0 Å². The van der Waals surface area contributed by atoms with Crippen LogP contribution in [0.3, 0.4) is 0 Å². The average Bonchev–Trinajstić information content (AvgIpc) is 2.79. The summed E-state index contributed by atoms with van der Waals surface area (Å²) in [6.45, 7) is 2.00. The Labute approximate surface area is 95.4 Å². The van der Waals surface area contributed by atoms with E-state index in [1.165, 1.54) is 32.1 Å². The molecule has 3 heteroatoms. The largest absolute Gasteiger partial charge is 0.311 e. The van der Waals surface area contributed by atoms with E-state index in [1.54, 1.807) is 16.9 Å². The van der Waals surface area contributed by atoms with Crippen molar-refractivity contribution in [3.05, 3.63) is 28.2 Å². The molecule has 0 atom stereocenters. The monoisotopic (exact) mass is 222 g/mol. The van der Waals surface area contributed by atoms with Gasteiger partial charge in [-0.25, -0.2) is 4.98 Å². The third-order valence-electron chi connectivity index (χ3n) is 2.80. The van der Waals surface area contributed by atoms with Crippen LogP contribution in [0.25, 0.3) is 0 Å². The molecule has 0 radical (unpaired) electrons. The molecule has 82 valence electrons. The van der Waals surface area contributed by atoms with Crippen molar-refractivity contribution in [3.63, 3.8) is 0 Å². The van der Waals surface area contributed by atoms with Gasteiger partial charge in [0.2, 0.25) is 0 Å². The highest BCUT2D eigenvalue weighted by atomic mass is 32.1. The summed E-state index contributed by atoms with van der Waals surface area (Å²) in [5, 5.41) is 5.54. The van der Waals surface area contributed by atoms with Crippen molar-refractivity contribution in [3.8, 4) is 0 Å². The molecule has 15 heavy (non-hydrogen) atoms. The highest BCUT2D eigenvalue weighted by molar-refractivity contribution is 7.07. The third-order valence-corrected chi connectivity index (χ3v) is 3.43. The Kier molecular flexibility index (Phi) is 4.36. The van der Waals surface area contributed by atoms with Crippen molar-refractivity contribution >= 4 is 11.3 Å². The smallest absolute Gasteiger partial charge is 0.0795 e. The van der Waals surface area contributed by atoms with E-state index in [2.05, 4.69) is 21.8 Å². The van der Waals surface area contributed by atoms with Crippen molar-refractivity contribution in [1.29, 1.82) is 0 Å². The molecule has 0 aromatic carbocycles. The van der Waals surface area contributed by atoms with Gasteiger partial charge in [-0.1, -0.05) is 11.6 Å². The van der Waals surface area contributed by atoms with E-state index in [4.69, 9.17) is 0 Å². The van der Waals surface area contributed by atoms with Crippen LogP contribution >= 0.6 is 11.3 Å². The predicted octanol–water partition coefficient (Wildman–Crippen LogP) is 3.12. The Balaban J connectivity index is 1.60. The Morgan fingerprint density at radius 1 is 1.40 bits per heavy atom. The van der Waals surface area contributed by atoms with Crippen LogP contribution < -0.4 is 5.32 Å². The minimum atomic E-state index is 0.913. The SMILES string of the molecule is C1=C(CCNCc2cscn2)CCCC1. The Bertz CT molecular complexity index is 303. The van der Waals surface area contributed by atoms with Crippen LogP contribution in [0.1, 0.15) is 37.8 Å². The summed E-state index contributed by atoms with van der Waals surface area (Å²) in [6.07, 6.45) is 9.02. The van der Waals surface area contributed by atoms with E-state index in [9.17, 15) is 0 Å². The van der Waals surface area contributed by atoms with Crippen LogP contribution in [0.4, 0.5) is 0 Å². The maximum absolute atomic E-state index is 4.24. The molecule has 0 fully saturated rings. The lowest BCUT2D eigenvalue weighted by Crippen LogP contribution is -2.15. The molecule has 0 saturated heterocycles. The van der Waals surface area contributed by atoms with Crippen LogP contribution in [0, 0.1) is 0 Å². The number of allylic oxidation sites excluding steroid dienone is 1. The van der Waals surface area contributed by atoms with Gasteiger partial charge in [0.1, 0.15) is 0 Å². The number of nitrogens with one attached hydrogen (secondary N) is 1. The van der Waals surface area contributed by atoms with Gasteiger partial charge in [0.05, 0.1) is 11.2 Å². The minimum Gasteiger partial charge on any atom is -0.311 e. The van der Waals surface area contributed by atoms with Crippen LogP contribution in [-0.2, 0) is 6.54 Å². The van der Waals surface area contributed by atoms with Crippen molar-refractivity contribution in [1.82, 2.24) is 10.3 Å². The van der Waals surface area contributed by atoms with Gasteiger partial charge in [-0.3, -0.25) is 0 Å². The fraction of sp³-hybridized carbons (Fsp3) is 0.583. The Morgan fingerprint density at radius 2 is 2.40 bits per heavy atom. The van der Waals surface area contributed by atoms with Gasteiger partial charge in [-0.2, -0.15) is 0 Å². The van der Waals surface area contributed by atoms with Crippen LogP contribution in [-0.4, -0.2) is 11.5 Å². The summed E-state index contributed by atoms with van der Waals surface area (Å²) in [5.41, 5.74) is 4.70. The summed E-state index contributed by atoms with van der Waals surface area (Å²) >= 11 is 1.66.